The number of halogens is 2. The van der Waals surface area contributed by atoms with Crippen molar-refractivity contribution in [1.82, 2.24) is 15.5 Å². The lowest BCUT2D eigenvalue weighted by Crippen LogP contribution is -2.46. The van der Waals surface area contributed by atoms with Gasteiger partial charge in [0.15, 0.2) is 5.96 Å². The zero-order valence-electron chi connectivity index (χ0n) is 15.9. The van der Waals surface area contributed by atoms with Crippen molar-refractivity contribution in [2.45, 2.75) is 25.7 Å². The van der Waals surface area contributed by atoms with E-state index in [4.69, 9.17) is 27.9 Å². The van der Waals surface area contributed by atoms with Crippen LogP contribution in [0.2, 0.25) is 10.0 Å². The van der Waals surface area contributed by atoms with Crippen LogP contribution in [0.3, 0.4) is 0 Å². The number of ether oxygens (including phenoxy) is 1. The first-order chi connectivity index (χ1) is 13.0. The predicted octanol–water partition coefficient (Wildman–Crippen LogP) is 3.19. The second kappa shape index (κ2) is 11.2. The average Bonchev–Trinajstić information content (AvgIpc) is 2.67. The summed E-state index contributed by atoms with van der Waals surface area (Å²) in [5.74, 6) is 2.12. The van der Waals surface area contributed by atoms with Crippen molar-refractivity contribution < 1.29 is 9.53 Å². The molecule has 0 spiro atoms. The van der Waals surface area contributed by atoms with E-state index >= 15 is 0 Å². The van der Waals surface area contributed by atoms with E-state index in [9.17, 15) is 4.79 Å². The van der Waals surface area contributed by atoms with E-state index in [1.165, 1.54) is 0 Å². The molecule has 150 valence electrons. The van der Waals surface area contributed by atoms with Gasteiger partial charge in [-0.15, -0.1) is 0 Å². The van der Waals surface area contributed by atoms with Gasteiger partial charge in [0.1, 0.15) is 5.75 Å². The molecule has 0 bridgehead atoms. The van der Waals surface area contributed by atoms with Crippen LogP contribution in [-0.4, -0.2) is 57.1 Å². The van der Waals surface area contributed by atoms with Gasteiger partial charge in [0.05, 0.1) is 11.6 Å². The van der Waals surface area contributed by atoms with Crippen molar-refractivity contribution in [3.8, 4) is 5.75 Å². The molecule has 27 heavy (non-hydrogen) atoms. The Bertz CT molecular complexity index is 647. The molecule has 1 aliphatic rings. The van der Waals surface area contributed by atoms with Crippen molar-refractivity contribution in [2.75, 3.05) is 40.3 Å². The Kier molecular flexibility index (Phi) is 9.01. The quantitative estimate of drug-likeness (QED) is 0.408. The summed E-state index contributed by atoms with van der Waals surface area (Å²) in [6.07, 6.45) is 3.45. The van der Waals surface area contributed by atoms with Gasteiger partial charge in [-0.2, -0.15) is 0 Å². The lowest BCUT2D eigenvalue weighted by Gasteiger charge is -2.34. The summed E-state index contributed by atoms with van der Waals surface area (Å²) in [6, 6.07) is 5.21. The third kappa shape index (κ3) is 7.11. The monoisotopic (exact) mass is 414 g/mol. The largest absolute Gasteiger partial charge is 0.492 e. The molecule has 1 saturated heterocycles. The number of hydrogen-bond acceptors (Lipinski definition) is 3. The van der Waals surface area contributed by atoms with Crippen LogP contribution in [0.15, 0.2) is 23.2 Å². The SMILES string of the molecule is CN=C(NCCCOc1ccc(Cl)cc1Cl)N1CCC(CC(=O)NC)CC1. The molecule has 1 aromatic rings. The van der Waals surface area contributed by atoms with Crippen LogP contribution in [0.5, 0.6) is 5.75 Å². The number of hydrogen-bond donors (Lipinski definition) is 2. The van der Waals surface area contributed by atoms with Crippen LogP contribution in [0.1, 0.15) is 25.7 Å². The number of carbonyl (C=O) groups excluding carboxylic acids is 1. The fraction of sp³-hybridized carbons (Fsp3) is 0.579. The lowest BCUT2D eigenvalue weighted by molar-refractivity contribution is -0.121. The smallest absolute Gasteiger partial charge is 0.220 e. The van der Waals surface area contributed by atoms with Crippen molar-refractivity contribution >= 4 is 35.1 Å². The van der Waals surface area contributed by atoms with Crippen molar-refractivity contribution in [1.29, 1.82) is 0 Å². The Labute approximate surface area is 171 Å². The van der Waals surface area contributed by atoms with Gasteiger partial charge in [0.25, 0.3) is 0 Å². The van der Waals surface area contributed by atoms with Crippen molar-refractivity contribution in [2.24, 2.45) is 10.9 Å². The standard InChI is InChI=1S/C19H28Cl2N4O2/c1-22-18(26)12-14-6-9-25(10-7-14)19(23-2)24-8-3-11-27-17-5-4-15(20)13-16(17)21/h4-5,13-14H,3,6-12H2,1-2H3,(H,22,26)(H,23,24). The molecule has 0 aromatic heterocycles. The highest BCUT2D eigenvalue weighted by atomic mass is 35.5. The Morgan fingerprint density at radius 3 is 2.70 bits per heavy atom. The molecule has 0 atom stereocenters. The number of carbonyl (C=O) groups is 1. The molecular formula is C19H28Cl2N4O2. The number of amides is 1. The molecule has 1 heterocycles. The maximum Gasteiger partial charge on any atom is 0.220 e. The summed E-state index contributed by atoms with van der Waals surface area (Å²) in [5.41, 5.74) is 0. The zero-order chi connectivity index (χ0) is 19.6. The van der Waals surface area contributed by atoms with Gasteiger partial charge < -0.3 is 20.3 Å². The normalized spacial score (nSPS) is 15.6. The van der Waals surface area contributed by atoms with Crippen molar-refractivity contribution in [3.05, 3.63) is 28.2 Å². The van der Waals surface area contributed by atoms with Gasteiger partial charge in [-0.05, 0) is 43.4 Å². The molecule has 1 aliphatic heterocycles. The van der Waals surface area contributed by atoms with Crippen LogP contribution in [0.4, 0.5) is 0 Å². The number of aliphatic imine (C=N–C) groups is 1. The average molecular weight is 415 g/mol. The molecule has 8 heteroatoms. The van der Waals surface area contributed by atoms with Crippen LogP contribution in [0.25, 0.3) is 0 Å². The molecule has 0 unspecified atom stereocenters. The fourth-order valence-electron chi connectivity index (χ4n) is 3.09. The Morgan fingerprint density at radius 1 is 1.33 bits per heavy atom. The van der Waals surface area contributed by atoms with E-state index in [1.54, 1.807) is 32.3 Å². The highest BCUT2D eigenvalue weighted by Crippen LogP contribution is 2.27. The minimum Gasteiger partial charge on any atom is -0.492 e. The third-order valence-electron chi connectivity index (χ3n) is 4.63. The van der Waals surface area contributed by atoms with Gasteiger partial charge in [0, 0.05) is 45.2 Å². The molecule has 0 radical (unpaired) electrons. The van der Waals surface area contributed by atoms with E-state index in [1.807, 2.05) is 0 Å². The van der Waals surface area contributed by atoms with E-state index in [0.717, 1.165) is 44.9 Å². The molecule has 6 nitrogen and oxygen atoms in total. The van der Waals surface area contributed by atoms with Crippen molar-refractivity contribution in [3.63, 3.8) is 0 Å². The van der Waals surface area contributed by atoms with Gasteiger partial charge in [0.2, 0.25) is 5.91 Å². The van der Waals surface area contributed by atoms with Gasteiger partial charge in [-0.3, -0.25) is 9.79 Å². The minimum atomic E-state index is 0.122. The van der Waals surface area contributed by atoms with E-state index in [-0.39, 0.29) is 5.91 Å². The summed E-state index contributed by atoms with van der Waals surface area (Å²) in [7, 11) is 3.48. The lowest BCUT2D eigenvalue weighted by atomic mass is 9.93. The molecule has 0 saturated carbocycles. The van der Waals surface area contributed by atoms with E-state index < -0.39 is 0 Å². The van der Waals surface area contributed by atoms with Crippen LogP contribution in [0, 0.1) is 5.92 Å². The number of nitrogens with one attached hydrogen (secondary N) is 2. The second-order valence-electron chi connectivity index (χ2n) is 6.56. The van der Waals surface area contributed by atoms with Crippen LogP contribution < -0.4 is 15.4 Å². The predicted molar refractivity (Wildman–Crippen MR) is 111 cm³/mol. The first-order valence-electron chi connectivity index (χ1n) is 9.27. The highest BCUT2D eigenvalue weighted by molar-refractivity contribution is 6.35. The molecule has 0 aliphatic carbocycles. The first kappa shape index (κ1) is 21.6. The number of rotatable bonds is 7. The fourth-order valence-corrected chi connectivity index (χ4v) is 3.56. The maximum atomic E-state index is 11.5. The number of likely N-dealkylation sites (tertiary alicyclic amines) is 1. The molecule has 2 rings (SSSR count). The number of nitrogens with zero attached hydrogens (tertiary/aromatic N) is 2. The molecular weight excluding hydrogens is 387 g/mol. The molecule has 1 aromatic carbocycles. The van der Waals surface area contributed by atoms with Gasteiger partial charge in [-0.25, -0.2) is 0 Å². The summed E-state index contributed by atoms with van der Waals surface area (Å²) < 4.78 is 5.69. The van der Waals surface area contributed by atoms with E-state index in [2.05, 4.69) is 20.5 Å². The highest BCUT2D eigenvalue weighted by Gasteiger charge is 2.22. The maximum absolute atomic E-state index is 11.5. The van der Waals surface area contributed by atoms with Gasteiger partial charge >= 0.3 is 0 Å². The van der Waals surface area contributed by atoms with Crippen LogP contribution >= 0.6 is 23.2 Å². The summed E-state index contributed by atoms with van der Waals surface area (Å²) >= 11 is 12.0. The topological polar surface area (TPSA) is 66.0 Å². The summed E-state index contributed by atoms with van der Waals surface area (Å²) in [4.78, 5) is 18.1. The molecule has 1 fully saturated rings. The Balaban J connectivity index is 1.66. The summed E-state index contributed by atoms with van der Waals surface area (Å²) in [5, 5.41) is 7.19. The zero-order valence-corrected chi connectivity index (χ0v) is 17.4. The second-order valence-corrected chi connectivity index (χ2v) is 7.40. The Hall–Kier alpha value is -1.66. The Morgan fingerprint density at radius 2 is 2.07 bits per heavy atom. The number of piperidine rings is 1. The molecule has 2 N–H and O–H groups in total. The van der Waals surface area contributed by atoms with Gasteiger partial charge in [-0.1, -0.05) is 23.2 Å². The molecule has 1 amide bonds. The van der Waals surface area contributed by atoms with Crippen LogP contribution in [-0.2, 0) is 4.79 Å². The summed E-state index contributed by atoms with van der Waals surface area (Å²) in [6.45, 7) is 3.14. The first-order valence-corrected chi connectivity index (χ1v) is 10.0. The number of guanidine groups is 1. The van der Waals surface area contributed by atoms with E-state index in [0.29, 0.717) is 34.7 Å². The number of benzene rings is 1. The minimum absolute atomic E-state index is 0.122. The third-order valence-corrected chi connectivity index (χ3v) is 5.16.